The smallest absolute Gasteiger partial charge is 0.334 e. The Bertz CT molecular complexity index is 680. The Balaban J connectivity index is 1.92. The lowest BCUT2D eigenvalue weighted by Crippen LogP contribution is -2.26. The summed E-state index contributed by atoms with van der Waals surface area (Å²) in [5, 5.41) is -0.199. The highest BCUT2D eigenvalue weighted by Crippen LogP contribution is 2.29. The van der Waals surface area contributed by atoms with E-state index in [9.17, 15) is 21.6 Å². The Labute approximate surface area is 119 Å². The van der Waals surface area contributed by atoms with Crippen molar-refractivity contribution < 1.29 is 21.6 Å². The molecule has 2 rings (SSSR count). The first-order valence-corrected chi connectivity index (χ1v) is 7.42. The van der Waals surface area contributed by atoms with Crippen LogP contribution in [0.1, 0.15) is 11.1 Å². The first-order valence-electron chi connectivity index (χ1n) is 5.94. The molecule has 5 nitrogen and oxygen atoms in total. The van der Waals surface area contributed by atoms with Crippen LogP contribution in [-0.4, -0.2) is 24.9 Å². The molecule has 114 valence electrons. The van der Waals surface area contributed by atoms with Crippen molar-refractivity contribution >= 4 is 10.0 Å². The van der Waals surface area contributed by atoms with Crippen molar-refractivity contribution in [3.8, 4) is 0 Å². The second-order valence-electron chi connectivity index (χ2n) is 4.24. The number of H-pyrrole nitrogens is 1. The van der Waals surface area contributed by atoms with E-state index in [1.165, 1.54) is 24.5 Å². The summed E-state index contributed by atoms with van der Waals surface area (Å²) >= 11 is 0. The van der Waals surface area contributed by atoms with Gasteiger partial charge in [0.15, 0.2) is 0 Å². The molecule has 2 aromatic rings. The largest absolute Gasteiger partial charge is 0.416 e. The molecule has 0 bridgehead atoms. The standard InChI is InChI=1S/C12H12F3N3O2S/c13-12(14,15)10-3-1-9(2-4-10)5-6-18-21(19,20)11-16-7-8-17-11/h1-4,7-8,18H,5-6H2,(H,16,17). The lowest BCUT2D eigenvalue weighted by Gasteiger charge is -2.08. The first kappa shape index (κ1) is 15.5. The lowest BCUT2D eigenvalue weighted by atomic mass is 10.1. The van der Waals surface area contributed by atoms with Crippen LogP contribution < -0.4 is 4.72 Å². The quantitative estimate of drug-likeness (QED) is 0.884. The van der Waals surface area contributed by atoms with E-state index in [0.29, 0.717) is 5.56 Å². The zero-order chi connectivity index (χ0) is 15.5. The Kier molecular flexibility index (Phi) is 4.33. The van der Waals surface area contributed by atoms with Gasteiger partial charge in [-0.1, -0.05) is 12.1 Å². The molecule has 0 aliphatic carbocycles. The predicted molar refractivity (Wildman–Crippen MR) is 68.9 cm³/mol. The van der Waals surface area contributed by atoms with Crippen LogP contribution in [0.25, 0.3) is 0 Å². The van der Waals surface area contributed by atoms with Crippen molar-refractivity contribution in [3.63, 3.8) is 0 Å². The normalized spacial score (nSPS) is 12.5. The van der Waals surface area contributed by atoms with Gasteiger partial charge in [-0.3, -0.25) is 0 Å². The van der Waals surface area contributed by atoms with Gasteiger partial charge in [-0.05, 0) is 24.1 Å². The molecular weight excluding hydrogens is 307 g/mol. The van der Waals surface area contributed by atoms with E-state index in [1.54, 1.807) is 0 Å². The molecule has 0 spiro atoms. The average Bonchev–Trinajstić information content (AvgIpc) is 2.92. The average molecular weight is 319 g/mol. The van der Waals surface area contributed by atoms with Crippen LogP contribution >= 0.6 is 0 Å². The summed E-state index contributed by atoms with van der Waals surface area (Å²) in [5.74, 6) is 0. The molecule has 9 heteroatoms. The maximum absolute atomic E-state index is 12.4. The van der Waals surface area contributed by atoms with Crippen LogP contribution in [0, 0.1) is 0 Å². The van der Waals surface area contributed by atoms with E-state index < -0.39 is 21.8 Å². The Morgan fingerprint density at radius 3 is 2.38 bits per heavy atom. The summed E-state index contributed by atoms with van der Waals surface area (Å²) in [6.07, 6.45) is -1.41. The number of nitrogens with one attached hydrogen (secondary N) is 2. The fourth-order valence-electron chi connectivity index (χ4n) is 1.66. The number of imidazole rings is 1. The molecule has 21 heavy (non-hydrogen) atoms. The zero-order valence-corrected chi connectivity index (χ0v) is 11.5. The Morgan fingerprint density at radius 1 is 1.19 bits per heavy atom. The van der Waals surface area contributed by atoms with Crippen molar-refractivity contribution in [3.05, 3.63) is 47.8 Å². The van der Waals surface area contributed by atoms with Crippen molar-refractivity contribution in [2.24, 2.45) is 0 Å². The Hall–Kier alpha value is -1.87. The van der Waals surface area contributed by atoms with Gasteiger partial charge < -0.3 is 4.98 Å². The number of benzene rings is 1. The topological polar surface area (TPSA) is 74.8 Å². The summed E-state index contributed by atoms with van der Waals surface area (Å²) in [4.78, 5) is 6.08. The van der Waals surface area contributed by atoms with Crippen LogP contribution in [0.2, 0.25) is 0 Å². The second kappa shape index (κ2) is 5.86. The minimum absolute atomic E-state index is 0.0639. The van der Waals surface area contributed by atoms with E-state index >= 15 is 0 Å². The maximum Gasteiger partial charge on any atom is 0.416 e. The predicted octanol–water partition coefficient (Wildman–Crippen LogP) is 1.95. The fraction of sp³-hybridized carbons (Fsp3) is 0.250. The molecule has 2 N–H and O–H groups in total. The van der Waals surface area contributed by atoms with Gasteiger partial charge in [0.1, 0.15) is 0 Å². The molecule has 1 heterocycles. The third-order valence-corrected chi connectivity index (χ3v) is 4.03. The number of rotatable bonds is 5. The second-order valence-corrected chi connectivity index (χ2v) is 5.92. The van der Waals surface area contributed by atoms with Gasteiger partial charge >= 0.3 is 6.18 Å². The third kappa shape index (κ3) is 4.05. The van der Waals surface area contributed by atoms with Gasteiger partial charge in [0, 0.05) is 18.9 Å². The summed E-state index contributed by atoms with van der Waals surface area (Å²) in [6, 6.07) is 4.58. The van der Waals surface area contributed by atoms with Crippen LogP contribution in [0.4, 0.5) is 13.2 Å². The van der Waals surface area contributed by atoms with Gasteiger partial charge in [-0.25, -0.2) is 18.1 Å². The number of aromatic nitrogens is 2. The molecule has 0 aliphatic rings. The highest BCUT2D eigenvalue weighted by Gasteiger charge is 2.29. The van der Waals surface area contributed by atoms with E-state index in [4.69, 9.17) is 0 Å². The monoisotopic (exact) mass is 319 g/mol. The number of halogens is 3. The third-order valence-electron chi connectivity index (χ3n) is 2.71. The Morgan fingerprint density at radius 2 is 1.86 bits per heavy atom. The van der Waals surface area contributed by atoms with Gasteiger partial charge in [-0.2, -0.15) is 13.2 Å². The van der Waals surface area contributed by atoms with Gasteiger partial charge in [0.05, 0.1) is 5.56 Å². The highest BCUT2D eigenvalue weighted by atomic mass is 32.2. The van der Waals surface area contributed by atoms with E-state index in [1.807, 2.05) is 0 Å². The highest BCUT2D eigenvalue weighted by molar-refractivity contribution is 7.89. The van der Waals surface area contributed by atoms with Crippen LogP contribution in [-0.2, 0) is 22.6 Å². The van der Waals surface area contributed by atoms with Crippen molar-refractivity contribution in [1.29, 1.82) is 0 Å². The summed E-state index contributed by atoms with van der Waals surface area (Å²) < 4.78 is 62.9. The molecule has 0 saturated heterocycles. The van der Waals surface area contributed by atoms with Crippen LogP contribution in [0.5, 0.6) is 0 Å². The molecule has 0 fully saturated rings. The van der Waals surface area contributed by atoms with E-state index in [0.717, 1.165) is 12.1 Å². The SMILES string of the molecule is O=S(=O)(NCCc1ccc(C(F)(F)F)cc1)c1ncc[nH]1. The summed E-state index contributed by atoms with van der Waals surface area (Å²) in [5.41, 5.74) is -0.132. The van der Waals surface area contributed by atoms with Gasteiger partial charge in [0.25, 0.3) is 10.0 Å². The number of hydrogen-bond donors (Lipinski definition) is 2. The van der Waals surface area contributed by atoms with E-state index in [-0.39, 0.29) is 18.1 Å². The number of hydrogen-bond acceptors (Lipinski definition) is 3. The maximum atomic E-state index is 12.4. The molecule has 0 radical (unpaired) electrons. The van der Waals surface area contributed by atoms with Crippen molar-refractivity contribution in [2.45, 2.75) is 17.8 Å². The molecule has 0 atom stereocenters. The summed E-state index contributed by atoms with van der Waals surface area (Å²) in [6.45, 7) is 0.0639. The molecular formula is C12H12F3N3O2S. The van der Waals surface area contributed by atoms with Crippen LogP contribution in [0.15, 0.2) is 41.8 Å². The fourth-order valence-corrected chi connectivity index (χ4v) is 2.59. The molecule has 0 unspecified atom stereocenters. The number of sulfonamides is 1. The van der Waals surface area contributed by atoms with Gasteiger partial charge in [0.2, 0.25) is 5.16 Å². The van der Waals surface area contributed by atoms with Crippen LogP contribution in [0.3, 0.4) is 0 Å². The number of alkyl halides is 3. The lowest BCUT2D eigenvalue weighted by molar-refractivity contribution is -0.137. The molecule has 1 aromatic carbocycles. The molecule has 0 saturated carbocycles. The van der Waals surface area contributed by atoms with Gasteiger partial charge in [-0.15, -0.1) is 0 Å². The molecule has 1 aromatic heterocycles. The van der Waals surface area contributed by atoms with E-state index in [2.05, 4.69) is 14.7 Å². The van der Waals surface area contributed by atoms with Crippen molar-refractivity contribution in [1.82, 2.24) is 14.7 Å². The zero-order valence-electron chi connectivity index (χ0n) is 10.7. The molecule has 0 amide bonds. The minimum atomic E-state index is -4.38. The first-order chi connectivity index (χ1) is 9.79. The number of nitrogens with zero attached hydrogens (tertiary/aromatic N) is 1. The summed E-state index contributed by atoms with van der Waals surface area (Å²) in [7, 11) is -3.72. The molecule has 0 aliphatic heterocycles. The minimum Gasteiger partial charge on any atom is -0.334 e. The van der Waals surface area contributed by atoms with Crippen molar-refractivity contribution in [2.75, 3.05) is 6.54 Å². The number of aromatic amines is 1.